The predicted octanol–water partition coefficient (Wildman–Crippen LogP) is 3.10. The van der Waals surface area contributed by atoms with E-state index in [1.807, 2.05) is 0 Å². The van der Waals surface area contributed by atoms with Crippen molar-refractivity contribution in [2.24, 2.45) is 0 Å². The Morgan fingerprint density at radius 2 is 1.93 bits per heavy atom. The van der Waals surface area contributed by atoms with E-state index >= 15 is 0 Å². The maximum Gasteiger partial charge on any atom is 0.225 e. The second-order valence-electron chi connectivity index (χ2n) is 5.14. The lowest BCUT2D eigenvalue weighted by molar-refractivity contribution is 0.318. The first-order valence-corrected chi connectivity index (χ1v) is 6.20. The third-order valence-electron chi connectivity index (χ3n) is 3.81. The standard InChI is InChI=1S/C11H16ClN3/c1-11(6-2-3-7-11)15-9(8-4-5-8)13-14-10(15)12/h8H,2-7H2,1H3. The Hall–Kier alpha value is -0.570. The molecule has 0 unspecified atom stereocenters. The van der Waals surface area contributed by atoms with Crippen molar-refractivity contribution in [1.82, 2.24) is 14.8 Å². The first kappa shape index (κ1) is 9.64. The van der Waals surface area contributed by atoms with Crippen LogP contribution in [0.5, 0.6) is 0 Å². The molecule has 4 heteroatoms. The van der Waals surface area contributed by atoms with Crippen molar-refractivity contribution in [2.75, 3.05) is 0 Å². The van der Waals surface area contributed by atoms with Gasteiger partial charge in [-0.1, -0.05) is 12.8 Å². The van der Waals surface area contributed by atoms with Gasteiger partial charge in [0.25, 0.3) is 0 Å². The fourth-order valence-corrected chi connectivity index (χ4v) is 3.07. The lowest BCUT2D eigenvalue weighted by Crippen LogP contribution is -2.28. The topological polar surface area (TPSA) is 30.7 Å². The number of hydrogen-bond donors (Lipinski definition) is 0. The normalized spacial score (nSPS) is 24.7. The average molecular weight is 226 g/mol. The van der Waals surface area contributed by atoms with Gasteiger partial charge in [-0.25, -0.2) is 0 Å². The van der Waals surface area contributed by atoms with E-state index in [1.165, 1.54) is 38.5 Å². The minimum atomic E-state index is 0.179. The Morgan fingerprint density at radius 3 is 2.53 bits per heavy atom. The molecule has 0 bridgehead atoms. The van der Waals surface area contributed by atoms with Crippen molar-refractivity contribution in [3.8, 4) is 0 Å². The molecule has 1 aromatic rings. The number of halogens is 1. The summed E-state index contributed by atoms with van der Waals surface area (Å²) in [6, 6.07) is 0. The molecule has 0 saturated heterocycles. The molecule has 0 atom stereocenters. The van der Waals surface area contributed by atoms with Gasteiger partial charge in [0.2, 0.25) is 5.28 Å². The van der Waals surface area contributed by atoms with Crippen LogP contribution in [0.1, 0.15) is 57.2 Å². The number of nitrogens with zero attached hydrogens (tertiary/aromatic N) is 3. The van der Waals surface area contributed by atoms with Crippen LogP contribution in [0.2, 0.25) is 5.28 Å². The summed E-state index contributed by atoms with van der Waals surface area (Å²) in [4.78, 5) is 0. The van der Waals surface area contributed by atoms with Crippen LogP contribution >= 0.6 is 11.6 Å². The highest BCUT2D eigenvalue weighted by atomic mass is 35.5. The summed E-state index contributed by atoms with van der Waals surface area (Å²) in [5, 5.41) is 8.88. The van der Waals surface area contributed by atoms with Crippen LogP contribution in [0.15, 0.2) is 0 Å². The Bertz CT molecular complexity index is 375. The van der Waals surface area contributed by atoms with Gasteiger partial charge in [0.1, 0.15) is 5.82 Å². The van der Waals surface area contributed by atoms with Gasteiger partial charge in [-0.15, -0.1) is 10.2 Å². The Balaban J connectivity index is 2.04. The first-order chi connectivity index (χ1) is 7.21. The molecule has 3 rings (SSSR count). The number of rotatable bonds is 2. The van der Waals surface area contributed by atoms with E-state index in [-0.39, 0.29) is 5.54 Å². The van der Waals surface area contributed by atoms with E-state index in [0.717, 1.165) is 5.82 Å². The summed E-state index contributed by atoms with van der Waals surface area (Å²) in [6.07, 6.45) is 7.54. The van der Waals surface area contributed by atoms with Crippen LogP contribution < -0.4 is 0 Å². The minimum absolute atomic E-state index is 0.179. The van der Waals surface area contributed by atoms with Gasteiger partial charge in [-0.05, 0) is 44.2 Å². The van der Waals surface area contributed by atoms with E-state index in [0.29, 0.717) is 11.2 Å². The monoisotopic (exact) mass is 225 g/mol. The van der Waals surface area contributed by atoms with Gasteiger partial charge in [0, 0.05) is 11.5 Å². The highest BCUT2D eigenvalue weighted by molar-refractivity contribution is 6.28. The molecule has 82 valence electrons. The molecule has 0 aromatic carbocycles. The van der Waals surface area contributed by atoms with Crippen LogP contribution in [0.4, 0.5) is 0 Å². The van der Waals surface area contributed by atoms with Crippen molar-refractivity contribution < 1.29 is 0 Å². The van der Waals surface area contributed by atoms with E-state index in [9.17, 15) is 0 Å². The molecule has 0 spiro atoms. The summed E-state index contributed by atoms with van der Waals surface area (Å²) in [6.45, 7) is 2.29. The molecular formula is C11H16ClN3. The summed E-state index contributed by atoms with van der Waals surface area (Å²) in [5.41, 5.74) is 0.179. The molecule has 1 aromatic heterocycles. The third kappa shape index (κ3) is 1.48. The Kier molecular flexibility index (Phi) is 2.06. The SMILES string of the molecule is CC1(n2c(Cl)nnc2C2CC2)CCCC1. The summed E-state index contributed by atoms with van der Waals surface area (Å²) in [7, 11) is 0. The largest absolute Gasteiger partial charge is 0.296 e. The van der Waals surface area contributed by atoms with E-state index < -0.39 is 0 Å². The predicted molar refractivity (Wildman–Crippen MR) is 59.1 cm³/mol. The molecule has 15 heavy (non-hydrogen) atoms. The molecule has 0 radical (unpaired) electrons. The summed E-state index contributed by atoms with van der Waals surface area (Å²) < 4.78 is 2.21. The summed E-state index contributed by atoms with van der Waals surface area (Å²) >= 11 is 6.18. The van der Waals surface area contributed by atoms with Crippen LogP contribution in [0, 0.1) is 0 Å². The molecule has 1 heterocycles. The van der Waals surface area contributed by atoms with Crippen molar-refractivity contribution in [3.63, 3.8) is 0 Å². The number of hydrogen-bond acceptors (Lipinski definition) is 2. The zero-order valence-corrected chi connectivity index (χ0v) is 9.80. The second-order valence-corrected chi connectivity index (χ2v) is 5.48. The Labute approximate surface area is 94.8 Å². The van der Waals surface area contributed by atoms with Gasteiger partial charge in [-0.2, -0.15) is 0 Å². The van der Waals surface area contributed by atoms with Gasteiger partial charge in [-0.3, -0.25) is 4.57 Å². The van der Waals surface area contributed by atoms with Gasteiger partial charge >= 0.3 is 0 Å². The van der Waals surface area contributed by atoms with Gasteiger partial charge in [0.15, 0.2) is 0 Å². The fraction of sp³-hybridized carbons (Fsp3) is 0.818. The molecule has 0 amide bonds. The van der Waals surface area contributed by atoms with Crippen molar-refractivity contribution in [3.05, 3.63) is 11.1 Å². The molecule has 0 aliphatic heterocycles. The van der Waals surface area contributed by atoms with Crippen molar-refractivity contribution in [2.45, 2.75) is 56.9 Å². The van der Waals surface area contributed by atoms with E-state index in [2.05, 4.69) is 21.7 Å². The van der Waals surface area contributed by atoms with Crippen LogP contribution in [0.3, 0.4) is 0 Å². The quantitative estimate of drug-likeness (QED) is 0.775. The Morgan fingerprint density at radius 1 is 1.27 bits per heavy atom. The van der Waals surface area contributed by atoms with Crippen molar-refractivity contribution >= 4 is 11.6 Å². The van der Waals surface area contributed by atoms with E-state index in [4.69, 9.17) is 11.6 Å². The zero-order valence-electron chi connectivity index (χ0n) is 9.04. The molecule has 3 nitrogen and oxygen atoms in total. The van der Waals surface area contributed by atoms with Gasteiger partial charge < -0.3 is 0 Å². The zero-order chi connectivity index (χ0) is 10.5. The highest BCUT2D eigenvalue weighted by Gasteiger charge is 2.39. The van der Waals surface area contributed by atoms with Crippen LogP contribution in [-0.2, 0) is 5.54 Å². The second kappa shape index (κ2) is 3.21. The lowest BCUT2D eigenvalue weighted by atomic mass is 10.00. The summed E-state index contributed by atoms with van der Waals surface area (Å²) in [5.74, 6) is 1.76. The highest BCUT2D eigenvalue weighted by Crippen LogP contribution is 2.45. The maximum absolute atomic E-state index is 6.18. The molecule has 2 aliphatic carbocycles. The van der Waals surface area contributed by atoms with Gasteiger partial charge in [0.05, 0.1) is 0 Å². The molecule has 2 aliphatic rings. The van der Waals surface area contributed by atoms with Crippen LogP contribution in [-0.4, -0.2) is 14.8 Å². The lowest BCUT2D eigenvalue weighted by Gasteiger charge is -2.27. The average Bonchev–Trinajstić information content (AvgIpc) is 2.85. The van der Waals surface area contributed by atoms with Crippen LogP contribution in [0.25, 0.3) is 0 Å². The van der Waals surface area contributed by atoms with Crippen molar-refractivity contribution in [1.29, 1.82) is 0 Å². The first-order valence-electron chi connectivity index (χ1n) is 5.82. The molecule has 2 fully saturated rings. The smallest absolute Gasteiger partial charge is 0.225 e. The number of aromatic nitrogens is 3. The minimum Gasteiger partial charge on any atom is -0.296 e. The molecule has 2 saturated carbocycles. The molecular weight excluding hydrogens is 210 g/mol. The molecule has 0 N–H and O–H groups in total. The fourth-order valence-electron chi connectivity index (χ4n) is 2.74. The van der Waals surface area contributed by atoms with E-state index in [1.54, 1.807) is 0 Å². The maximum atomic E-state index is 6.18. The third-order valence-corrected chi connectivity index (χ3v) is 4.06.